The number of pyridine rings is 1. The summed E-state index contributed by atoms with van der Waals surface area (Å²) >= 11 is 0. The minimum Gasteiger partial charge on any atom is -0.256 e. The van der Waals surface area contributed by atoms with Gasteiger partial charge in [0.1, 0.15) is 0 Å². The summed E-state index contributed by atoms with van der Waals surface area (Å²) in [5.41, 5.74) is 1.51. The smallest absolute Gasteiger partial charge is 0.0701 e. The molecular weight excluding hydrogens is 218 g/mol. The zero-order chi connectivity index (χ0) is 15.7. The molecule has 1 saturated carbocycles. The summed E-state index contributed by atoms with van der Waals surface area (Å²) in [5, 5.41) is 0. The van der Waals surface area contributed by atoms with E-state index in [1.165, 1.54) is 0 Å². The molecule has 3 rings (SSSR count). The van der Waals surface area contributed by atoms with Crippen molar-refractivity contribution in [2.75, 3.05) is 0 Å². The van der Waals surface area contributed by atoms with Gasteiger partial charge >= 0.3 is 0 Å². The fourth-order valence-corrected chi connectivity index (χ4v) is 2.43. The quantitative estimate of drug-likeness (QED) is 0.736. The molecule has 0 unspecified atom stereocenters. The molecular formula is C17H19N. The maximum absolute atomic E-state index is 8.68. The highest BCUT2D eigenvalue weighted by atomic mass is 14.7. The Labute approximate surface area is 115 Å². The van der Waals surface area contributed by atoms with Crippen LogP contribution in [0.1, 0.15) is 49.0 Å². The number of benzene rings is 1. The van der Waals surface area contributed by atoms with Crippen molar-refractivity contribution < 1.29 is 5.48 Å². The highest BCUT2D eigenvalue weighted by Gasteiger charge is 2.15. The van der Waals surface area contributed by atoms with E-state index in [9.17, 15) is 0 Å². The monoisotopic (exact) mass is 241 g/mol. The van der Waals surface area contributed by atoms with E-state index in [1.807, 2.05) is 6.07 Å². The number of aromatic nitrogens is 1. The fraction of sp³-hybridized carbons (Fsp3) is 0.353. The molecule has 0 N–H and O–H groups in total. The topological polar surface area (TPSA) is 12.9 Å². The van der Waals surface area contributed by atoms with Crippen molar-refractivity contribution >= 4 is 0 Å². The molecule has 0 radical (unpaired) electrons. The Morgan fingerprint density at radius 1 is 1.06 bits per heavy atom. The van der Waals surface area contributed by atoms with Crippen LogP contribution in [0.15, 0.2) is 48.6 Å². The van der Waals surface area contributed by atoms with Crippen molar-refractivity contribution in [3.05, 3.63) is 54.2 Å². The molecule has 0 spiro atoms. The second kappa shape index (κ2) is 5.34. The summed E-state index contributed by atoms with van der Waals surface area (Å²) in [4.78, 5) is 4.22. The van der Waals surface area contributed by atoms with E-state index in [0.717, 1.165) is 19.3 Å². The van der Waals surface area contributed by atoms with Crippen LogP contribution in [0.25, 0.3) is 11.3 Å². The number of nitrogens with zero attached hydrogens (tertiary/aromatic N) is 1. The summed E-state index contributed by atoms with van der Waals surface area (Å²) in [6.07, 6.45) is 6.01. The van der Waals surface area contributed by atoms with Gasteiger partial charge in [-0.3, -0.25) is 4.98 Å². The maximum Gasteiger partial charge on any atom is 0.0701 e. The summed E-state index contributed by atoms with van der Waals surface area (Å²) < 4.78 is 33.6. The maximum atomic E-state index is 8.68. The first kappa shape index (κ1) is 7.73. The van der Waals surface area contributed by atoms with E-state index in [0.29, 0.717) is 29.7 Å². The fourth-order valence-electron chi connectivity index (χ4n) is 2.43. The summed E-state index contributed by atoms with van der Waals surface area (Å²) in [5.74, 6) is -0.884. The summed E-state index contributed by atoms with van der Waals surface area (Å²) in [7, 11) is 0. The van der Waals surface area contributed by atoms with Gasteiger partial charge < -0.3 is 0 Å². The molecule has 1 fully saturated rings. The molecule has 0 aliphatic heterocycles. The van der Waals surface area contributed by atoms with Gasteiger partial charge in [0.25, 0.3) is 0 Å². The molecule has 1 aromatic heterocycles. The van der Waals surface area contributed by atoms with Gasteiger partial charge in [0.05, 0.1) is 9.81 Å². The van der Waals surface area contributed by atoms with Gasteiger partial charge in [0.2, 0.25) is 0 Å². The van der Waals surface area contributed by atoms with Crippen molar-refractivity contribution in [2.24, 2.45) is 0 Å². The molecule has 18 heavy (non-hydrogen) atoms. The van der Waals surface area contributed by atoms with Crippen LogP contribution in [0, 0.1) is 0 Å². The Bertz CT molecular complexity index is 679. The Kier molecular flexibility index (Phi) is 2.29. The lowest BCUT2D eigenvalue weighted by Gasteiger charge is -2.22. The number of rotatable bonds is 2. The minimum atomic E-state index is -0.884. The molecule has 1 aliphatic carbocycles. The average Bonchev–Trinajstić information content (AvgIpc) is 2.52. The molecule has 0 amide bonds. The first-order valence-corrected chi connectivity index (χ1v) is 6.55. The van der Waals surface area contributed by atoms with Crippen molar-refractivity contribution in [3.63, 3.8) is 0 Å². The zero-order valence-corrected chi connectivity index (χ0v) is 10.4. The van der Waals surface area contributed by atoms with Crippen molar-refractivity contribution in [3.8, 4) is 11.3 Å². The van der Waals surface area contributed by atoms with Gasteiger partial charge in [-0.05, 0) is 36.4 Å². The summed E-state index contributed by atoms with van der Waals surface area (Å²) in [6, 6.07) is 7.29. The largest absolute Gasteiger partial charge is 0.256 e. The molecule has 1 heterocycles. The lowest BCUT2D eigenvalue weighted by Crippen LogP contribution is -2.04. The van der Waals surface area contributed by atoms with Crippen LogP contribution in [0.4, 0.5) is 0 Å². The highest BCUT2D eigenvalue weighted by molar-refractivity contribution is 5.59. The van der Waals surface area contributed by atoms with Crippen molar-refractivity contribution in [2.45, 2.75) is 38.0 Å². The van der Waals surface area contributed by atoms with Gasteiger partial charge in [-0.25, -0.2) is 0 Å². The van der Waals surface area contributed by atoms with Crippen LogP contribution in [0.5, 0.6) is 0 Å². The van der Waals surface area contributed by atoms with Crippen LogP contribution in [-0.2, 0) is 0 Å². The molecule has 1 heteroatoms. The van der Waals surface area contributed by atoms with Gasteiger partial charge in [0, 0.05) is 13.1 Å². The number of hydrogen-bond acceptors (Lipinski definition) is 1. The molecule has 1 aromatic carbocycles. The van der Waals surface area contributed by atoms with Crippen LogP contribution in [-0.4, -0.2) is 4.98 Å². The lowest BCUT2D eigenvalue weighted by molar-refractivity contribution is 0.443. The molecule has 2 aromatic rings. The van der Waals surface area contributed by atoms with Crippen LogP contribution < -0.4 is 0 Å². The molecule has 0 saturated heterocycles. The van der Waals surface area contributed by atoms with Crippen molar-refractivity contribution in [1.82, 2.24) is 4.98 Å². The zero-order valence-electron chi connectivity index (χ0n) is 14.4. The second-order valence-corrected chi connectivity index (χ2v) is 4.71. The molecule has 0 atom stereocenters. The van der Waals surface area contributed by atoms with Gasteiger partial charge in [-0.2, -0.15) is 0 Å². The van der Waals surface area contributed by atoms with E-state index in [2.05, 4.69) is 4.98 Å². The minimum absolute atomic E-state index is 0.0186. The first-order chi connectivity index (χ1) is 10.5. The normalized spacial score (nSPS) is 21.6. The van der Waals surface area contributed by atoms with E-state index < -0.39 is 5.89 Å². The van der Waals surface area contributed by atoms with Gasteiger partial charge in [0.15, 0.2) is 0 Å². The predicted molar refractivity (Wildman–Crippen MR) is 75.5 cm³/mol. The standard InChI is InChI=1S/C17H19N/c1-2-6-14(7-3-1)15-9-11-16(12-10-15)17-8-4-5-13-18-17/h4-5,8-14H,1-3,6-7H2/i9D,10D,11D,14D. The summed E-state index contributed by atoms with van der Waals surface area (Å²) in [6.45, 7) is 0. The SMILES string of the molecule is [2H]c1cc(-c2ccccn2)c([2H])c([2H])c1C1([2H])CCCCC1. The van der Waals surface area contributed by atoms with E-state index in [-0.39, 0.29) is 18.1 Å². The van der Waals surface area contributed by atoms with Crippen LogP contribution in [0.2, 0.25) is 0 Å². The first-order valence-electron chi connectivity index (χ1n) is 8.55. The van der Waals surface area contributed by atoms with E-state index in [1.54, 1.807) is 24.4 Å². The third-order valence-electron chi connectivity index (χ3n) is 3.43. The van der Waals surface area contributed by atoms with Gasteiger partial charge in [-0.1, -0.05) is 49.5 Å². The Balaban J connectivity index is 2.13. The predicted octanol–water partition coefficient (Wildman–Crippen LogP) is 4.80. The second-order valence-electron chi connectivity index (χ2n) is 4.71. The van der Waals surface area contributed by atoms with Crippen LogP contribution in [0.3, 0.4) is 0 Å². The molecule has 0 bridgehead atoms. The van der Waals surface area contributed by atoms with E-state index in [4.69, 9.17) is 5.48 Å². The van der Waals surface area contributed by atoms with Crippen LogP contribution >= 0.6 is 0 Å². The third kappa shape index (κ3) is 2.45. The number of hydrogen-bond donors (Lipinski definition) is 0. The Hall–Kier alpha value is -1.63. The lowest BCUT2D eigenvalue weighted by atomic mass is 9.84. The van der Waals surface area contributed by atoms with E-state index >= 15 is 0 Å². The molecule has 92 valence electrons. The van der Waals surface area contributed by atoms with Crippen molar-refractivity contribution in [1.29, 1.82) is 0 Å². The average molecular weight is 241 g/mol. The molecule has 1 aliphatic rings. The highest BCUT2D eigenvalue weighted by Crippen LogP contribution is 2.33. The molecule has 1 nitrogen and oxygen atoms in total. The Morgan fingerprint density at radius 2 is 1.94 bits per heavy atom. The van der Waals surface area contributed by atoms with Gasteiger partial charge in [-0.15, -0.1) is 0 Å². The Morgan fingerprint density at radius 3 is 2.72 bits per heavy atom. The third-order valence-corrected chi connectivity index (χ3v) is 3.43.